The average molecular weight is 439 g/mol. The normalized spacial score (nSPS) is 10.7. The summed E-state index contributed by atoms with van der Waals surface area (Å²) in [4.78, 5) is 24.5. The molecular weight excluding hydrogens is 426 g/mol. The van der Waals surface area contributed by atoms with E-state index in [2.05, 4.69) is 21.2 Å². The number of amides is 1. The summed E-state index contributed by atoms with van der Waals surface area (Å²) >= 11 is 10.9. The van der Waals surface area contributed by atoms with Crippen molar-refractivity contribution < 1.29 is 14.3 Å². The molecule has 0 atom stereocenters. The maximum absolute atomic E-state index is 12.2. The van der Waals surface area contributed by atoms with E-state index in [1.54, 1.807) is 6.07 Å². The lowest BCUT2D eigenvalue weighted by atomic mass is 10.2. The van der Waals surface area contributed by atoms with Crippen molar-refractivity contribution >= 4 is 66.5 Å². The number of aryl methyl sites for hydroxylation is 1. The molecule has 0 aliphatic heterocycles. The number of hydrogen-bond donors (Lipinski definition) is 1. The molecule has 128 valence electrons. The van der Waals surface area contributed by atoms with Gasteiger partial charge in [-0.25, -0.2) is 4.79 Å². The molecule has 0 saturated heterocycles. The monoisotopic (exact) mass is 437 g/mol. The van der Waals surface area contributed by atoms with Crippen LogP contribution < -0.4 is 5.32 Å². The number of esters is 1. The Bertz CT molecular complexity index is 970. The van der Waals surface area contributed by atoms with Crippen LogP contribution in [0.3, 0.4) is 0 Å². The number of thiophene rings is 1. The van der Waals surface area contributed by atoms with E-state index in [4.69, 9.17) is 16.3 Å². The molecule has 0 spiro atoms. The molecule has 2 aromatic carbocycles. The molecule has 0 fully saturated rings. The van der Waals surface area contributed by atoms with E-state index in [1.165, 1.54) is 11.3 Å². The highest BCUT2D eigenvalue weighted by molar-refractivity contribution is 9.10. The van der Waals surface area contributed by atoms with Gasteiger partial charge in [0.1, 0.15) is 4.88 Å². The van der Waals surface area contributed by atoms with E-state index in [9.17, 15) is 9.59 Å². The van der Waals surface area contributed by atoms with Crippen LogP contribution in [0.15, 0.2) is 46.9 Å². The number of nitrogens with one attached hydrogen (secondary N) is 1. The van der Waals surface area contributed by atoms with E-state index < -0.39 is 11.9 Å². The molecule has 0 aliphatic rings. The van der Waals surface area contributed by atoms with Gasteiger partial charge in [0.2, 0.25) is 0 Å². The minimum Gasteiger partial charge on any atom is -0.451 e. The van der Waals surface area contributed by atoms with Gasteiger partial charge in [0.25, 0.3) is 5.91 Å². The number of hydrogen-bond acceptors (Lipinski definition) is 4. The van der Waals surface area contributed by atoms with Gasteiger partial charge in [0.05, 0.1) is 5.02 Å². The van der Waals surface area contributed by atoms with E-state index in [1.807, 2.05) is 43.3 Å². The Morgan fingerprint density at radius 1 is 1.24 bits per heavy atom. The van der Waals surface area contributed by atoms with Gasteiger partial charge in [-0.05, 0) is 36.8 Å². The Labute approximate surface area is 161 Å². The second kappa shape index (κ2) is 7.56. The van der Waals surface area contributed by atoms with Crippen LogP contribution >= 0.6 is 38.9 Å². The van der Waals surface area contributed by atoms with Crippen molar-refractivity contribution in [3.05, 3.63) is 62.4 Å². The van der Waals surface area contributed by atoms with Crippen molar-refractivity contribution in [2.75, 3.05) is 11.9 Å². The van der Waals surface area contributed by atoms with Crippen LogP contribution in [0, 0.1) is 6.92 Å². The average Bonchev–Trinajstić information content (AvgIpc) is 2.93. The van der Waals surface area contributed by atoms with Crippen LogP contribution in [0.2, 0.25) is 5.02 Å². The Balaban J connectivity index is 1.64. The Hall–Kier alpha value is -1.89. The largest absolute Gasteiger partial charge is 0.451 e. The zero-order chi connectivity index (χ0) is 18.0. The lowest BCUT2D eigenvalue weighted by Crippen LogP contribution is -2.20. The van der Waals surface area contributed by atoms with E-state index >= 15 is 0 Å². The molecule has 25 heavy (non-hydrogen) atoms. The summed E-state index contributed by atoms with van der Waals surface area (Å²) in [6.45, 7) is 1.54. The highest BCUT2D eigenvalue weighted by Gasteiger charge is 2.19. The molecule has 0 radical (unpaired) electrons. The molecule has 1 aromatic heterocycles. The van der Waals surface area contributed by atoms with Crippen molar-refractivity contribution in [2.45, 2.75) is 6.92 Å². The van der Waals surface area contributed by atoms with Crippen molar-refractivity contribution in [2.24, 2.45) is 0 Å². The first-order valence-electron chi connectivity index (χ1n) is 7.36. The number of fused-ring (bicyclic) bond motifs is 1. The lowest BCUT2D eigenvalue weighted by molar-refractivity contribution is -0.119. The van der Waals surface area contributed by atoms with Crippen LogP contribution in [0.1, 0.15) is 15.2 Å². The summed E-state index contributed by atoms with van der Waals surface area (Å²) in [7, 11) is 0. The second-order valence-electron chi connectivity index (χ2n) is 5.33. The third-order valence-electron chi connectivity index (χ3n) is 3.50. The summed E-state index contributed by atoms with van der Waals surface area (Å²) in [5, 5.41) is 3.85. The topological polar surface area (TPSA) is 55.4 Å². The fourth-order valence-electron chi connectivity index (χ4n) is 2.26. The number of carbonyl (C=O) groups excluding carboxylic acids is 2. The summed E-state index contributed by atoms with van der Waals surface area (Å²) in [6.07, 6.45) is 0. The lowest BCUT2D eigenvalue weighted by Gasteiger charge is -2.07. The van der Waals surface area contributed by atoms with Crippen molar-refractivity contribution in [1.82, 2.24) is 0 Å². The number of halogens is 2. The van der Waals surface area contributed by atoms with E-state index in [0.717, 1.165) is 20.1 Å². The first-order chi connectivity index (χ1) is 12.0. The fraction of sp³-hybridized carbons (Fsp3) is 0.111. The van der Waals surface area contributed by atoms with Gasteiger partial charge in [-0.15, -0.1) is 11.3 Å². The van der Waals surface area contributed by atoms with Crippen molar-refractivity contribution in [1.29, 1.82) is 0 Å². The first kappa shape index (κ1) is 17.9. The predicted molar refractivity (Wildman–Crippen MR) is 105 cm³/mol. The zero-order valence-corrected chi connectivity index (χ0v) is 16.3. The molecule has 0 bridgehead atoms. The van der Waals surface area contributed by atoms with Crippen molar-refractivity contribution in [3.8, 4) is 0 Å². The standard InChI is InChI=1S/C18H13BrClNO3S/c1-10-8-11(6-7-13(10)19)21-15(22)9-24-18(23)17-16(20)12-4-2-3-5-14(12)25-17/h2-8H,9H2,1H3,(H,21,22). The molecule has 1 heterocycles. The fourth-order valence-corrected chi connectivity index (χ4v) is 3.91. The molecular formula is C18H13BrClNO3S. The molecule has 0 aliphatic carbocycles. The maximum Gasteiger partial charge on any atom is 0.350 e. The minimum atomic E-state index is -0.603. The second-order valence-corrected chi connectivity index (χ2v) is 7.61. The Kier molecular flexibility index (Phi) is 5.42. The number of ether oxygens (including phenoxy) is 1. The van der Waals surface area contributed by atoms with Crippen LogP contribution in [0.25, 0.3) is 10.1 Å². The molecule has 4 nitrogen and oxygen atoms in total. The molecule has 3 aromatic rings. The number of rotatable bonds is 4. The Morgan fingerprint density at radius 2 is 2.00 bits per heavy atom. The predicted octanol–water partition coefficient (Wildman–Crippen LogP) is 5.42. The van der Waals surface area contributed by atoms with Crippen molar-refractivity contribution in [3.63, 3.8) is 0 Å². The van der Waals surface area contributed by atoms with Crippen LogP contribution in [0.4, 0.5) is 5.69 Å². The minimum absolute atomic E-state index is 0.301. The van der Waals surface area contributed by atoms with Crippen LogP contribution in [0.5, 0.6) is 0 Å². The molecule has 3 rings (SSSR count). The first-order valence-corrected chi connectivity index (χ1v) is 9.34. The van der Waals surface area contributed by atoms with Gasteiger partial charge in [0.15, 0.2) is 6.61 Å². The maximum atomic E-state index is 12.2. The SMILES string of the molecule is Cc1cc(NC(=O)COC(=O)c2sc3ccccc3c2Cl)ccc1Br. The van der Waals surface area contributed by atoms with Crippen LogP contribution in [-0.2, 0) is 9.53 Å². The number of benzene rings is 2. The molecule has 7 heteroatoms. The summed E-state index contributed by atoms with van der Waals surface area (Å²) in [6, 6.07) is 12.9. The van der Waals surface area contributed by atoms with E-state index in [-0.39, 0.29) is 6.61 Å². The molecule has 0 unspecified atom stereocenters. The Morgan fingerprint density at radius 3 is 2.72 bits per heavy atom. The van der Waals surface area contributed by atoms with Gasteiger partial charge in [-0.1, -0.05) is 45.7 Å². The zero-order valence-electron chi connectivity index (χ0n) is 13.1. The highest BCUT2D eigenvalue weighted by atomic mass is 79.9. The highest BCUT2D eigenvalue weighted by Crippen LogP contribution is 2.35. The number of carbonyl (C=O) groups is 2. The van der Waals surface area contributed by atoms with Gasteiger partial charge in [-0.3, -0.25) is 4.79 Å². The van der Waals surface area contributed by atoms with Gasteiger partial charge in [-0.2, -0.15) is 0 Å². The molecule has 1 amide bonds. The third-order valence-corrected chi connectivity index (χ3v) is 6.04. The summed E-state index contributed by atoms with van der Waals surface area (Å²) in [5.41, 5.74) is 1.63. The summed E-state index contributed by atoms with van der Waals surface area (Å²) < 4.78 is 6.94. The van der Waals surface area contributed by atoms with Gasteiger partial charge < -0.3 is 10.1 Å². The van der Waals surface area contributed by atoms with E-state index in [0.29, 0.717) is 15.6 Å². The summed E-state index contributed by atoms with van der Waals surface area (Å²) in [5.74, 6) is -1.01. The molecule has 1 N–H and O–H groups in total. The van der Waals surface area contributed by atoms with Crippen LogP contribution in [-0.4, -0.2) is 18.5 Å². The van der Waals surface area contributed by atoms with Gasteiger partial charge >= 0.3 is 5.97 Å². The quantitative estimate of drug-likeness (QED) is 0.553. The van der Waals surface area contributed by atoms with Gasteiger partial charge in [0, 0.05) is 20.2 Å². The third kappa shape index (κ3) is 4.03. The number of anilines is 1. The smallest absolute Gasteiger partial charge is 0.350 e. The molecule has 0 saturated carbocycles.